The van der Waals surface area contributed by atoms with Crippen molar-refractivity contribution in [2.45, 2.75) is 24.9 Å². The van der Waals surface area contributed by atoms with E-state index >= 15 is 0 Å². The summed E-state index contributed by atoms with van der Waals surface area (Å²) in [6, 6.07) is 8.02. The van der Waals surface area contributed by atoms with E-state index in [2.05, 4.69) is 22.0 Å². The van der Waals surface area contributed by atoms with Crippen molar-refractivity contribution in [3.63, 3.8) is 0 Å². The number of ether oxygens (including phenoxy) is 3. The zero-order chi connectivity index (χ0) is 18.7. The summed E-state index contributed by atoms with van der Waals surface area (Å²) in [7, 11) is 1.67. The van der Waals surface area contributed by atoms with E-state index in [4.69, 9.17) is 14.2 Å². The number of anilines is 1. The van der Waals surface area contributed by atoms with Crippen LogP contribution >= 0.6 is 0 Å². The van der Waals surface area contributed by atoms with Gasteiger partial charge in [0.05, 0.1) is 30.7 Å². The zero-order valence-electron chi connectivity index (χ0n) is 15.6. The highest BCUT2D eigenvalue weighted by Gasteiger charge is 2.41. The Morgan fingerprint density at radius 3 is 2.85 bits per heavy atom. The Morgan fingerprint density at radius 2 is 2.07 bits per heavy atom. The summed E-state index contributed by atoms with van der Waals surface area (Å²) < 4.78 is 31.1. The van der Waals surface area contributed by atoms with Gasteiger partial charge in [0.2, 0.25) is 0 Å². The molecular formula is C21H25FN2O3. The minimum atomic E-state index is -0.279. The van der Waals surface area contributed by atoms with E-state index in [1.165, 1.54) is 17.3 Å². The van der Waals surface area contributed by atoms with Crippen LogP contribution in [0.4, 0.5) is 10.1 Å². The smallest absolute Gasteiger partial charge is 0.164 e. The molecule has 3 heterocycles. The number of benzene rings is 1. The number of pyridine rings is 1. The number of hydrogen-bond acceptors (Lipinski definition) is 5. The summed E-state index contributed by atoms with van der Waals surface area (Å²) in [5, 5.41) is 0. The van der Waals surface area contributed by atoms with Gasteiger partial charge in [0.1, 0.15) is 12.4 Å². The Morgan fingerprint density at radius 1 is 1.22 bits per heavy atom. The monoisotopic (exact) mass is 372 g/mol. The fourth-order valence-electron chi connectivity index (χ4n) is 4.13. The van der Waals surface area contributed by atoms with Crippen LogP contribution < -0.4 is 9.64 Å². The van der Waals surface area contributed by atoms with Gasteiger partial charge in [-0.2, -0.15) is 0 Å². The highest BCUT2D eigenvalue weighted by Crippen LogP contribution is 2.43. The summed E-state index contributed by atoms with van der Waals surface area (Å²) in [5.41, 5.74) is 2.89. The fraction of sp³-hybridized carbons (Fsp3) is 0.476. The van der Waals surface area contributed by atoms with E-state index in [9.17, 15) is 4.39 Å². The molecule has 0 N–H and O–H groups in total. The minimum Gasteiger partial charge on any atom is -0.491 e. The van der Waals surface area contributed by atoms with Gasteiger partial charge in [-0.05, 0) is 48.6 Å². The number of piperidine rings is 1. The average Bonchev–Trinajstić information content (AvgIpc) is 2.70. The van der Waals surface area contributed by atoms with Crippen LogP contribution in [0.1, 0.15) is 24.0 Å². The summed E-state index contributed by atoms with van der Waals surface area (Å²) >= 11 is 0. The first-order valence-electron chi connectivity index (χ1n) is 9.45. The molecule has 2 aliphatic rings. The van der Waals surface area contributed by atoms with Crippen LogP contribution in [0.3, 0.4) is 0 Å². The molecule has 144 valence electrons. The van der Waals surface area contributed by atoms with Gasteiger partial charge in [0.25, 0.3) is 0 Å². The predicted molar refractivity (Wildman–Crippen MR) is 101 cm³/mol. The van der Waals surface area contributed by atoms with Crippen molar-refractivity contribution in [3.8, 4) is 5.75 Å². The van der Waals surface area contributed by atoms with E-state index < -0.39 is 0 Å². The molecule has 1 aromatic carbocycles. The number of nitrogens with zero attached hydrogens (tertiary/aromatic N) is 2. The molecule has 1 saturated heterocycles. The minimum absolute atomic E-state index is 0.267. The van der Waals surface area contributed by atoms with Gasteiger partial charge in [-0.3, -0.25) is 4.98 Å². The quantitative estimate of drug-likeness (QED) is 0.754. The molecule has 1 aromatic heterocycles. The highest BCUT2D eigenvalue weighted by atomic mass is 19.1. The molecule has 0 unspecified atom stereocenters. The Labute approximate surface area is 159 Å². The van der Waals surface area contributed by atoms with Gasteiger partial charge >= 0.3 is 0 Å². The number of fused-ring (bicyclic) bond motifs is 2. The van der Waals surface area contributed by atoms with Gasteiger partial charge < -0.3 is 19.1 Å². The van der Waals surface area contributed by atoms with E-state index in [1.54, 1.807) is 19.4 Å². The molecule has 0 radical (unpaired) electrons. The van der Waals surface area contributed by atoms with Crippen LogP contribution in [-0.2, 0) is 21.5 Å². The first kappa shape index (κ1) is 18.2. The number of rotatable bonds is 5. The van der Waals surface area contributed by atoms with Crippen LogP contribution in [0.15, 0.2) is 36.7 Å². The second kappa shape index (κ2) is 7.82. The van der Waals surface area contributed by atoms with E-state index in [-0.39, 0.29) is 11.4 Å². The largest absolute Gasteiger partial charge is 0.491 e. The third-order valence-electron chi connectivity index (χ3n) is 5.54. The van der Waals surface area contributed by atoms with Crippen LogP contribution in [0.2, 0.25) is 0 Å². The van der Waals surface area contributed by atoms with Crippen molar-refractivity contribution in [2.75, 3.05) is 44.9 Å². The Balaban J connectivity index is 1.50. The molecule has 2 aromatic rings. The lowest BCUT2D eigenvalue weighted by molar-refractivity contribution is -0.0767. The number of methoxy groups -OCH3 is 1. The molecular weight excluding hydrogens is 347 g/mol. The molecule has 0 saturated carbocycles. The van der Waals surface area contributed by atoms with Crippen LogP contribution in [0.25, 0.3) is 0 Å². The van der Waals surface area contributed by atoms with Gasteiger partial charge in [-0.25, -0.2) is 4.39 Å². The normalized spacial score (nSPS) is 18.4. The standard InChI is InChI=1S/C21H25FN2O3/c1-25-12-13-26-17-2-3-18-16(14-17)5-11-27-21(18)6-9-24(10-7-21)20-4-8-23-15-19(20)22/h2-4,8,14-15H,5-7,9-13H2,1H3. The second-order valence-corrected chi connectivity index (χ2v) is 7.07. The molecule has 4 rings (SSSR count). The third-order valence-corrected chi connectivity index (χ3v) is 5.54. The third kappa shape index (κ3) is 3.64. The summed E-state index contributed by atoms with van der Waals surface area (Å²) in [6.45, 7) is 3.34. The molecule has 5 nitrogen and oxygen atoms in total. The van der Waals surface area contributed by atoms with Crippen molar-refractivity contribution < 1.29 is 18.6 Å². The number of hydrogen-bond donors (Lipinski definition) is 0. The summed E-state index contributed by atoms with van der Waals surface area (Å²) in [6.07, 6.45) is 5.48. The molecule has 0 atom stereocenters. The van der Waals surface area contributed by atoms with Gasteiger partial charge in [0, 0.05) is 26.4 Å². The highest BCUT2D eigenvalue weighted by molar-refractivity contribution is 5.48. The topological polar surface area (TPSA) is 43.8 Å². The molecule has 6 heteroatoms. The van der Waals surface area contributed by atoms with Gasteiger partial charge in [-0.1, -0.05) is 6.07 Å². The fourth-order valence-corrected chi connectivity index (χ4v) is 4.13. The lowest BCUT2D eigenvalue weighted by Crippen LogP contribution is -2.46. The molecule has 0 aliphatic carbocycles. The SMILES string of the molecule is COCCOc1ccc2c(c1)CCOC21CCN(c2ccncc2F)CC1. The van der Waals surface area contributed by atoms with E-state index in [1.807, 2.05) is 6.07 Å². The Kier molecular flexibility index (Phi) is 5.27. The Hall–Kier alpha value is -2.18. The first-order valence-corrected chi connectivity index (χ1v) is 9.45. The predicted octanol–water partition coefficient (Wildman–Crippen LogP) is 3.31. The van der Waals surface area contributed by atoms with Crippen molar-refractivity contribution in [1.82, 2.24) is 4.98 Å². The summed E-state index contributed by atoms with van der Waals surface area (Å²) in [5.74, 6) is 0.607. The molecule has 1 spiro atoms. The summed E-state index contributed by atoms with van der Waals surface area (Å²) in [4.78, 5) is 5.93. The number of aromatic nitrogens is 1. The zero-order valence-corrected chi connectivity index (χ0v) is 15.6. The lowest BCUT2D eigenvalue weighted by Gasteiger charge is -2.45. The van der Waals surface area contributed by atoms with E-state index in [0.717, 1.165) is 38.1 Å². The van der Waals surface area contributed by atoms with Crippen molar-refractivity contribution in [1.29, 1.82) is 0 Å². The van der Waals surface area contributed by atoms with Crippen LogP contribution in [-0.4, -0.2) is 45.0 Å². The second-order valence-electron chi connectivity index (χ2n) is 7.07. The van der Waals surface area contributed by atoms with Crippen molar-refractivity contribution in [3.05, 3.63) is 53.6 Å². The molecule has 0 bridgehead atoms. The Bertz CT molecular complexity index is 791. The average molecular weight is 372 g/mol. The maximum atomic E-state index is 14.1. The molecule has 27 heavy (non-hydrogen) atoms. The van der Waals surface area contributed by atoms with Crippen LogP contribution in [0, 0.1) is 5.82 Å². The van der Waals surface area contributed by atoms with Crippen molar-refractivity contribution in [2.24, 2.45) is 0 Å². The number of halogens is 1. The first-order chi connectivity index (χ1) is 13.2. The maximum absolute atomic E-state index is 14.1. The van der Waals surface area contributed by atoms with Crippen LogP contribution in [0.5, 0.6) is 5.75 Å². The molecule has 1 fully saturated rings. The van der Waals surface area contributed by atoms with Gasteiger partial charge in [-0.15, -0.1) is 0 Å². The maximum Gasteiger partial charge on any atom is 0.164 e. The van der Waals surface area contributed by atoms with Gasteiger partial charge in [0.15, 0.2) is 5.82 Å². The molecule has 0 amide bonds. The molecule has 2 aliphatic heterocycles. The van der Waals surface area contributed by atoms with E-state index in [0.29, 0.717) is 25.5 Å². The van der Waals surface area contributed by atoms with Crippen molar-refractivity contribution >= 4 is 5.69 Å². The lowest BCUT2D eigenvalue weighted by atomic mass is 9.79.